The number of hydrogen-bond donors (Lipinski definition) is 1. The fourth-order valence-electron chi connectivity index (χ4n) is 4.86. The van der Waals surface area contributed by atoms with Gasteiger partial charge >= 0.3 is 6.03 Å². The van der Waals surface area contributed by atoms with Crippen LogP contribution in [0.5, 0.6) is 0 Å². The van der Waals surface area contributed by atoms with Crippen LogP contribution in [-0.2, 0) is 6.54 Å². The summed E-state index contributed by atoms with van der Waals surface area (Å²) in [6, 6.07) is 6.70. The van der Waals surface area contributed by atoms with Crippen LogP contribution in [0.4, 0.5) is 10.5 Å². The highest BCUT2D eigenvalue weighted by atomic mass is 16.5. The Balaban J connectivity index is 1.40. The highest BCUT2D eigenvalue weighted by Gasteiger charge is 2.36. The van der Waals surface area contributed by atoms with Gasteiger partial charge in [0.05, 0.1) is 23.6 Å². The number of imidazole rings is 1. The molecule has 9 nitrogen and oxygen atoms in total. The molecule has 1 aromatic carbocycles. The van der Waals surface area contributed by atoms with Crippen LogP contribution in [-0.4, -0.2) is 55.8 Å². The van der Waals surface area contributed by atoms with E-state index in [2.05, 4.69) is 46.4 Å². The number of nitrogens with zero attached hydrogens (tertiary/aromatic N) is 6. The highest BCUT2D eigenvalue weighted by molar-refractivity contribution is 5.95. The molecule has 2 atom stereocenters. The first kappa shape index (κ1) is 19.5. The van der Waals surface area contributed by atoms with Crippen molar-refractivity contribution in [3.05, 3.63) is 41.6 Å². The maximum Gasteiger partial charge on any atom is 0.325 e. The van der Waals surface area contributed by atoms with Crippen LogP contribution in [0.15, 0.2) is 29.0 Å². The van der Waals surface area contributed by atoms with Crippen molar-refractivity contribution in [1.29, 1.82) is 0 Å². The maximum absolute atomic E-state index is 13.7. The lowest BCUT2D eigenvalue weighted by Gasteiger charge is -2.40. The molecule has 2 unspecified atom stereocenters. The molecular weight excluding hydrogens is 406 g/mol. The largest absolute Gasteiger partial charge is 0.332 e. The minimum atomic E-state index is 0.0136. The fourth-order valence-corrected chi connectivity index (χ4v) is 4.86. The van der Waals surface area contributed by atoms with Crippen LogP contribution < -0.4 is 10.2 Å². The molecule has 3 aromatic rings. The molecule has 32 heavy (non-hydrogen) atoms. The number of aryl methyl sites for hydroxylation is 1. The standard InChI is InChI=1S/C23H27N7O2/c1-13-4-7-17-18(8-13)29(23(31)28-9-14(2)25-15(3)10-28)11-19-20(24-12-30(17)19)22-26-21(27-32-22)16-5-6-16/h4,7-8,12,14-16,25H,5-6,9-11H2,1-3H3. The van der Waals surface area contributed by atoms with Gasteiger partial charge in [-0.05, 0) is 51.3 Å². The molecule has 1 saturated heterocycles. The summed E-state index contributed by atoms with van der Waals surface area (Å²) in [5.41, 5.74) is 4.47. The van der Waals surface area contributed by atoms with E-state index < -0.39 is 0 Å². The van der Waals surface area contributed by atoms with Crippen molar-refractivity contribution in [1.82, 2.24) is 29.9 Å². The molecule has 6 rings (SSSR count). The van der Waals surface area contributed by atoms with Crippen molar-refractivity contribution in [2.24, 2.45) is 0 Å². The van der Waals surface area contributed by atoms with Gasteiger partial charge < -0.3 is 14.7 Å². The quantitative estimate of drug-likeness (QED) is 0.667. The van der Waals surface area contributed by atoms with Gasteiger partial charge in [-0.15, -0.1) is 0 Å². The van der Waals surface area contributed by atoms with Crippen molar-refractivity contribution in [2.45, 2.75) is 58.2 Å². The Morgan fingerprint density at radius 2 is 1.94 bits per heavy atom. The van der Waals surface area contributed by atoms with E-state index in [1.807, 2.05) is 27.4 Å². The molecule has 2 fully saturated rings. The van der Waals surface area contributed by atoms with E-state index >= 15 is 0 Å². The summed E-state index contributed by atoms with van der Waals surface area (Å²) < 4.78 is 7.60. The number of amides is 2. The second-order valence-corrected chi connectivity index (χ2v) is 9.38. The Morgan fingerprint density at radius 1 is 1.16 bits per heavy atom. The number of aromatic nitrogens is 4. The van der Waals surface area contributed by atoms with Gasteiger partial charge in [-0.25, -0.2) is 9.78 Å². The van der Waals surface area contributed by atoms with Gasteiger partial charge in [0.15, 0.2) is 11.5 Å². The average Bonchev–Trinajstić information content (AvgIpc) is 3.34. The minimum Gasteiger partial charge on any atom is -0.332 e. The van der Waals surface area contributed by atoms with Crippen LogP contribution >= 0.6 is 0 Å². The predicted octanol–water partition coefficient (Wildman–Crippen LogP) is 3.23. The molecular formula is C23H27N7O2. The SMILES string of the molecule is Cc1ccc2c(c1)N(C(=O)N1CC(C)NC(C)C1)Cc1c(-c3nc(C4CC4)no3)ncn1-2. The Hall–Kier alpha value is -3.20. The molecule has 1 saturated carbocycles. The van der Waals surface area contributed by atoms with Crippen molar-refractivity contribution in [3.63, 3.8) is 0 Å². The van der Waals surface area contributed by atoms with E-state index in [0.29, 0.717) is 37.1 Å². The molecule has 2 aromatic heterocycles. The lowest BCUT2D eigenvalue weighted by Crippen LogP contribution is -2.58. The minimum absolute atomic E-state index is 0.0136. The van der Waals surface area contributed by atoms with E-state index in [1.54, 1.807) is 6.33 Å². The summed E-state index contributed by atoms with van der Waals surface area (Å²) in [5, 5.41) is 7.65. The average molecular weight is 434 g/mol. The molecule has 1 N–H and O–H groups in total. The molecule has 0 radical (unpaired) electrons. The number of benzene rings is 1. The predicted molar refractivity (Wildman–Crippen MR) is 119 cm³/mol. The molecule has 9 heteroatoms. The molecule has 0 bridgehead atoms. The number of carbonyl (C=O) groups is 1. The first-order chi connectivity index (χ1) is 15.5. The van der Waals surface area contributed by atoms with E-state index in [0.717, 1.165) is 41.3 Å². The topological polar surface area (TPSA) is 92.3 Å². The van der Waals surface area contributed by atoms with E-state index in [4.69, 9.17) is 4.52 Å². The molecule has 3 aliphatic rings. The van der Waals surface area contributed by atoms with E-state index in [1.165, 1.54) is 0 Å². The second kappa shape index (κ2) is 7.16. The normalized spacial score (nSPS) is 22.6. The lowest BCUT2D eigenvalue weighted by atomic mass is 10.1. The number of fused-ring (bicyclic) bond motifs is 3. The Morgan fingerprint density at radius 3 is 2.69 bits per heavy atom. The summed E-state index contributed by atoms with van der Waals surface area (Å²) in [5.74, 6) is 1.59. The first-order valence-electron chi connectivity index (χ1n) is 11.3. The zero-order chi connectivity index (χ0) is 22.0. The summed E-state index contributed by atoms with van der Waals surface area (Å²) in [7, 11) is 0. The molecule has 0 spiro atoms. The maximum atomic E-state index is 13.7. The monoisotopic (exact) mass is 433 g/mol. The number of anilines is 1. The van der Waals surface area contributed by atoms with Crippen LogP contribution in [0.1, 0.15) is 49.7 Å². The summed E-state index contributed by atoms with van der Waals surface area (Å²) in [4.78, 5) is 26.8. The first-order valence-corrected chi connectivity index (χ1v) is 11.3. The van der Waals surface area contributed by atoms with Gasteiger partial charge in [0.1, 0.15) is 6.33 Å². The third-order valence-corrected chi connectivity index (χ3v) is 6.50. The number of piperazine rings is 1. The van der Waals surface area contributed by atoms with Crippen molar-refractivity contribution in [2.75, 3.05) is 18.0 Å². The number of urea groups is 1. The van der Waals surface area contributed by atoms with Crippen LogP contribution in [0.2, 0.25) is 0 Å². The van der Waals surface area contributed by atoms with Gasteiger partial charge in [0, 0.05) is 31.1 Å². The lowest BCUT2D eigenvalue weighted by molar-refractivity contribution is 0.170. The van der Waals surface area contributed by atoms with E-state index in [-0.39, 0.29) is 18.1 Å². The van der Waals surface area contributed by atoms with Gasteiger partial charge in [0.2, 0.25) is 0 Å². The molecule has 2 aliphatic heterocycles. The van der Waals surface area contributed by atoms with Crippen LogP contribution in [0, 0.1) is 6.92 Å². The zero-order valence-electron chi connectivity index (χ0n) is 18.6. The summed E-state index contributed by atoms with van der Waals surface area (Å²) in [6.45, 7) is 8.04. The molecule has 2 amide bonds. The Kier molecular flexibility index (Phi) is 4.36. The van der Waals surface area contributed by atoms with Gasteiger partial charge in [-0.1, -0.05) is 11.2 Å². The third-order valence-electron chi connectivity index (χ3n) is 6.50. The van der Waals surface area contributed by atoms with Crippen molar-refractivity contribution in [3.8, 4) is 17.3 Å². The van der Waals surface area contributed by atoms with Crippen molar-refractivity contribution < 1.29 is 9.32 Å². The van der Waals surface area contributed by atoms with E-state index in [9.17, 15) is 4.79 Å². The molecule has 166 valence electrons. The number of carbonyl (C=O) groups excluding carboxylic acids is 1. The smallest absolute Gasteiger partial charge is 0.325 e. The Labute approximate surface area is 186 Å². The highest BCUT2D eigenvalue weighted by Crippen LogP contribution is 2.40. The van der Waals surface area contributed by atoms with Gasteiger partial charge in [-0.2, -0.15) is 4.98 Å². The van der Waals surface area contributed by atoms with Gasteiger partial charge in [0.25, 0.3) is 5.89 Å². The summed E-state index contributed by atoms with van der Waals surface area (Å²) in [6.07, 6.45) is 4.00. The number of hydrogen-bond acceptors (Lipinski definition) is 6. The number of rotatable bonds is 2. The van der Waals surface area contributed by atoms with Crippen molar-refractivity contribution >= 4 is 11.7 Å². The van der Waals surface area contributed by atoms with Crippen LogP contribution in [0.3, 0.4) is 0 Å². The molecule has 4 heterocycles. The zero-order valence-corrected chi connectivity index (χ0v) is 18.6. The fraction of sp³-hybridized carbons (Fsp3) is 0.478. The summed E-state index contributed by atoms with van der Waals surface area (Å²) >= 11 is 0. The third kappa shape index (κ3) is 3.19. The Bertz CT molecular complexity index is 1180. The van der Waals surface area contributed by atoms with Gasteiger partial charge in [-0.3, -0.25) is 9.47 Å². The molecule has 1 aliphatic carbocycles. The number of nitrogens with one attached hydrogen (secondary N) is 1. The van der Waals surface area contributed by atoms with Crippen LogP contribution in [0.25, 0.3) is 17.3 Å². The second-order valence-electron chi connectivity index (χ2n) is 9.38.